The van der Waals surface area contributed by atoms with Crippen molar-refractivity contribution in [2.45, 2.75) is 20.0 Å². The fraction of sp³-hybridized carbons (Fsp3) is 0.267. The van der Waals surface area contributed by atoms with Crippen molar-refractivity contribution in [2.24, 2.45) is 0 Å². The van der Waals surface area contributed by atoms with Crippen LogP contribution in [0.15, 0.2) is 41.0 Å². The van der Waals surface area contributed by atoms with Gasteiger partial charge >= 0.3 is 5.97 Å². The molecule has 19 heavy (non-hydrogen) atoms. The molecule has 0 saturated heterocycles. The van der Waals surface area contributed by atoms with Crippen LogP contribution in [0.25, 0.3) is 0 Å². The zero-order valence-electron chi connectivity index (χ0n) is 11.1. The summed E-state index contributed by atoms with van der Waals surface area (Å²) in [7, 11) is 1.35. The number of rotatable bonds is 5. The van der Waals surface area contributed by atoms with Crippen LogP contribution in [-0.2, 0) is 17.8 Å². The summed E-state index contributed by atoms with van der Waals surface area (Å²) >= 11 is 0. The molecule has 0 aliphatic carbocycles. The number of furan rings is 1. The summed E-state index contributed by atoms with van der Waals surface area (Å²) in [6.07, 6.45) is 1.41. The second-order valence-corrected chi connectivity index (χ2v) is 4.39. The molecule has 0 unspecified atom stereocenters. The summed E-state index contributed by atoms with van der Waals surface area (Å²) < 4.78 is 9.90. The Hall–Kier alpha value is -2.07. The minimum Gasteiger partial charge on any atom is -0.467 e. The van der Waals surface area contributed by atoms with Gasteiger partial charge in [0, 0.05) is 6.54 Å². The Morgan fingerprint density at radius 2 is 2.16 bits per heavy atom. The predicted octanol–water partition coefficient (Wildman–Crippen LogP) is 2.66. The van der Waals surface area contributed by atoms with Crippen LogP contribution in [-0.4, -0.2) is 13.1 Å². The zero-order chi connectivity index (χ0) is 13.7. The van der Waals surface area contributed by atoms with Crippen LogP contribution in [0, 0.1) is 6.92 Å². The van der Waals surface area contributed by atoms with Crippen LogP contribution in [0.2, 0.25) is 0 Å². The number of esters is 1. The average molecular weight is 259 g/mol. The van der Waals surface area contributed by atoms with Crippen LogP contribution in [0.3, 0.4) is 0 Å². The first kappa shape index (κ1) is 13.4. The first-order chi connectivity index (χ1) is 9.19. The van der Waals surface area contributed by atoms with Crippen LogP contribution in [0.1, 0.15) is 27.2 Å². The van der Waals surface area contributed by atoms with Gasteiger partial charge in [0.1, 0.15) is 12.0 Å². The molecular weight excluding hydrogens is 242 g/mol. The third kappa shape index (κ3) is 3.69. The molecule has 1 aromatic carbocycles. The van der Waals surface area contributed by atoms with Crippen molar-refractivity contribution in [3.8, 4) is 0 Å². The molecule has 0 saturated carbocycles. The second kappa shape index (κ2) is 6.20. The van der Waals surface area contributed by atoms with E-state index in [1.54, 1.807) is 6.07 Å². The van der Waals surface area contributed by atoms with Gasteiger partial charge in [-0.25, -0.2) is 4.79 Å². The van der Waals surface area contributed by atoms with Crippen LogP contribution < -0.4 is 5.32 Å². The highest BCUT2D eigenvalue weighted by Crippen LogP contribution is 2.09. The lowest BCUT2D eigenvalue weighted by Crippen LogP contribution is -2.12. The number of carbonyl (C=O) groups excluding carboxylic acids is 1. The van der Waals surface area contributed by atoms with Gasteiger partial charge in [-0.1, -0.05) is 29.8 Å². The van der Waals surface area contributed by atoms with Gasteiger partial charge in [0.05, 0.1) is 19.2 Å². The van der Waals surface area contributed by atoms with E-state index in [4.69, 9.17) is 4.42 Å². The topological polar surface area (TPSA) is 51.5 Å². The Labute approximate surface area is 112 Å². The summed E-state index contributed by atoms with van der Waals surface area (Å²) in [5.41, 5.74) is 2.90. The Morgan fingerprint density at radius 1 is 1.32 bits per heavy atom. The lowest BCUT2D eigenvalue weighted by Gasteiger charge is -2.03. The molecule has 0 spiro atoms. The molecule has 0 bridgehead atoms. The number of methoxy groups -OCH3 is 1. The summed E-state index contributed by atoms with van der Waals surface area (Å²) in [6, 6.07) is 10.00. The molecule has 1 N–H and O–H groups in total. The average Bonchev–Trinajstić information content (AvgIpc) is 2.87. The van der Waals surface area contributed by atoms with E-state index in [1.165, 1.54) is 24.5 Å². The lowest BCUT2D eigenvalue weighted by molar-refractivity contribution is 0.0600. The Kier molecular flexibility index (Phi) is 4.36. The number of benzene rings is 1. The first-order valence-corrected chi connectivity index (χ1v) is 6.11. The molecule has 0 fully saturated rings. The number of ether oxygens (including phenoxy) is 1. The standard InChI is InChI=1S/C15H17NO3/c1-11-4-3-5-12(6-11)8-16-9-14-7-13(10-19-14)15(17)18-2/h3-7,10,16H,8-9H2,1-2H3. The van der Waals surface area contributed by atoms with Crippen molar-refractivity contribution in [2.75, 3.05) is 7.11 Å². The van der Waals surface area contributed by atoms with Gasteiger partial charge in [-0.2, -0.15) is 0 Å². The summed E-state index contributed by atoms with van der Waals surface area (Å²) in [5, 5.41) is 3.27. The highest BCUT2D eigenvalue weighted by molar-refractivity contribution is 5.88. The van der Waals surface area contributed by atoms with Crippen molar-refractivity contribution < 1.29 is 13.9 Å². The normalized spacial score (nSPS) is 10.4. The number of nitrogens with one attached hydrogen (secondary N) is 1. The molecule has 0 aliphatic heterocycles. The maximum Gasteiger partial charge on any atom is 0.341 e. The van der Waals surface area contributed by atoms with Crippen molar-refractivity contribution in [1.82, 2.24) is 5.32 Å². The quantitative estimate of drug-likeness (QED) is 0.839. The fourth-order valence-corrected chi connectivity index (χ4v) is 1.85. The summed E-state index contributed by atoms with van der Waals surface area (Å²) in [6.45, 7) is 3.40. The van der Waals surface area contributed by atoms with Crippen molar-refractivity contribution in [3.63, 3.8) is 0 Å². The smallest absolute Gasteiger partial charge is 0.341 e. The number of hydrogen-bond donors (Lipinski definition) is 1. The molecule has 0 atom stereocenters. The van der Waals surface area contributed by atoms with E-state index in [2.05, 4.69) is 35.2 Å². The third-order valence-corrected chi connectivity index (χ3v) is 2.79. The van der Waals surface area contributed by atoms with Crippen molar-refractivity contribution in [3.05, 3.63) is 59.0 Å². The maximum atomic E-state index is 11.3. The molecule has 4 nitrogen and oxygen atoms in total. The largest absolute Gasteiger partial charge is 0.467 e. The molecule has 0 amide bonds. The van der Waals surface area contributed by atoms with E-state index in [-0.39, 0.29) is 5.97 Å². The van der Waals surface area contributed by atoms with Gasteiger partial charge in [0.25, 0.3) is 0 Å². The molecular formula is C15H17NO3. The fourth-order valence-electron chi connectivity index (χ4n) is 1.85. The molecule has 1 heterocycles. The molecule has 1 aromatic heterocycles. The van der Waals surface area contributed by atoms with Crippen molar-refractivity contribution >= 4 is 5.97 Å². The van der Waals surface area contributed by atoms with Crippen LogP contribution in [0.5, 0.6) is 0 Å². The van der Waals surface area contributed by atoms with Crippen LogP contribution >= 0.6 is 0 Å². The minimum absolute atomic E-state index is 0.381. The number of aryl methyl sites for hydroxylation is 1. The van der Waals surface area contributed by atoms with E-state index in [1.807, 2.05) is 6.07 Å². The molecule has 100 valence electrons. The minimum atomic E-state index is -0.381. The van der Waals surface area contributed by atoms with Gasteiger partial charge in [-0.15, -0.1) is 0 Å². The Bertz CT molecular complexity index is 560. The predicted molar refractivity (Wildman–Crippen MR) is 71.8 cm³/mol. The van der Waals surface area contributed by atoms with Gasteiger partial charge in [-0.05, 0) is 18.6 Å². The molecule has 4 heteroatoms. The first-order valence-electron chi connectivity index (χ1n) is 6.11. The van der Waals surface area contributed by atoms with Gasteiger partial charge in [0.2, 0.25) is 0 Å². The Morgan fingerprint density at radius 3 is 2.89 bits per heavy atom. The molecule has 0 aliphatic rings. The maximum absolute atomic E-state index is 11.3. The second-order valence-electron chi connectivity index (χ2n) is 4.39. The number of hydrogen-bond acceptors (Lipinski definition) is 4. The molecule has 2 rings (SSSR count). The SMILES string of the molecule is COC(=O)c1coc(CNCc2cccc(C)c2)c1. The highest BCUT2D eigenvalue weighted by Gasteiger charge is 2.09. The van der Waals surface area contributed by atoms with Gasteiger partial charge < -0.3 is 14.5 Å². The molecule has 0 radical (unpaired) electrons. The van der Waals surface area contributed by atoms with Crippen molar-refractivity contribution in [1.29, 1.82) is 0 Å². The highest BCUT2D eigenvalue weighted by atomic mass is 16.5. The summed E-state index contributed by atoms with van der Waals surface area (Å²) in [5.74, 6) is 0.335. The molecule has 2 aromatic rings. The third-order valence-electron chi connectivity index (χ3n) is 2.79. The van der Waals surface area contributed by atoms with E-state index >= 15 is 0 Å². The lowest BCUT2D eigenvalue weighted by atomic mass is 10.1. The number of carbonyl (C=O) groups is 1. The van der Waals surface area contributed by atoms with Crippen LogP contribution in [0.4, 0.5) is 0 Å². The zero-order valence-corrected chi connectivity index (χ0v) is 11.1. The monoisotopic (exact) mass is 259 g/mol. The van der Waals surface area contributed by atoms with Gasteiger partial charge in [0.15, 0.2) is 0 Å². The summed E-state index contributed by atoms with van der Waals surface area (Å²) in [4.78, 5) is 11.3. The van der Waals surface area contributed by atoms with E-state index in [9.17, 15) is 4.79 Å². The van der Waals surface area contributed by atoms with Gasteiger partial charge in [-0.3, -0.25) is 0 Å². The Balaban J connectivity index is 1.86. The van der Waals surface area contributed by atoms with E-state index < -0.39 is 0 Å². The van der Waals surface area contributed by atoms with E-state index in [0.29, 0.717) is 17.9 Å². The van der Waals surface area contributed by atoms with E-state index in [0.717, 1.165) is 6.54 Å².